The molecule has 0 aliphatic heterocycles. The van der Waals surface area contributed by atoms with Gasteiger partial charge in [0.05, 0.1) is 11.7 Å². The van der Waals surface area contributed by atoms with Crippen LogP contribution >= 0.6 is 0 Å². The molecule has 0 fully saturated rings. The number of nitrogens with zero attached hydrogens (tertiary/aromatic N) is 2. The SMILES string of the molecule is CC(O)CN(C)CC(O)COc1ccccc1C#N. The van der Waals surface area contributed by atoms with Crippen molar-refractivity contribution >= 4 is 0 Å². The van der Waals surface area contributed by atoms with Crippen molar-refractivity contribution in [2.45, 2.75) is 19.1 Å². The first kappa shape index (κ1) is 15.4. The Morgan fingerprint density at radius 3 is 2.63 bits per heavy atom. The topological polar surface area (TPSA) is 76.7 Å². The molecule has 2 unspecified atom stereocenters. The van der Waals surface area contributed by atoms with Gasteiger partial charge in [-0.3, -0.25) is 0 Å². The number of hydrogen-bond acceptors (Lipinski definition) is 5. The molecule has 2 atom stereocenters. The number of nitriles is 1. The second-order valence-electron chi connectivity index (χ2n) is 4.64. The fourth-order valence-corrected chi connectivity index (χ4v) is 1.81. The minimum Gasteiger partial charge on any atom is -0.489 e. The molecule has 0 amide bonds. The molecule has 0 saturated carbocycles. The number of likely N-dealkylation sites (N-methyl/N-ethyl adjacent to an activating group) is 1. The van der Waals surface area contributed by atoms with E-state index >= 15 is 0 Å². The van der Waals surface area contributed by atoms with E-state index in [0.29, 0.717) is 24.4 Å². The van der Waals surface area contributed by atoms with Gasteiger partial charge in [0, 0.05) is 13.1 Å². The monoisotopic (exact) mass is 264 g/mol. The second-order valence-corrected chi connectivity index (χ2v) is 4.64. The first-order valence-electron chi connectivity index (χ1n) is 6.19. The zero-order chi connectivity index (χ0) is 14.3. The maximum absolute atomic E-state index is 9.83. The average Bonchev–Trinajstić information content (AvgIpc) is 2.35. The van der Waals surface area contributed by atoms with Crippen molar-refractivity contribution in [3.05, 3.63) is 29.8 Å². The summed E-state index contributed by atoms with van der Waals surface area (Å²) in [5.41, 5.74) is 0.451. The maximum atomic E-state index is 9.83. The van der Waals surface area contributed by atoms with E-state index < -0.39 is 12.2 Å². The smallest absolute Gasteiger partial charge is 0.137 e. The quantitative estimate of drug-likeness (QED) is 0.754. The molecule has 0 aromatic heterocycles. The molecular formula is C14H20N2O3. The Bertz CT molecular complexity index is 429. The molecule has 2 N–H and O–H groups in total. The standard InChI is InChI=1S/C14H20N2O3/c1-11(17)8-16(2)9-13(18)10-19-14-6-4-3-5-12(14)7-15/h3-6,11,13,17-18H,8-10H2,1-2H3. The van der Waals surface area contributed by atoms with Crippen molar-refractivity contribution in [2.75, 3.05) is 26.7 Å². The van der Waals surface area contributed by atoms with Gasteiger partial charge in [0.25, 0.3) is 0 Å². The van der Waals surface area contributed by atoms with Gasteiger partial charge < -0.3 is 19.8 Å². The number of rotatable bonds is 7. The van der Waals surface area contributed by atoms with Crippen LogP contribution in [0.2, 0.25) is 0 Å². The molecule has 0 heterocycles. The van der Waals surface area contributed by atoms with Gasteiger partial charge in [-0.1, -0.05) is 12.1 Å². The number of ether oxygens (including phenoxy) is 1. The number of para-hydroxylation sites is 1. The van der Waals surface area contributed by atoms with Crippen molar-refractivity contribution < 1.29 is 14.9 Å². The lowest BCUT2D eigenvalue weighted by molar-refractivity contribution is 0.0597. The lowest BCUT2D eigenvalue weighted by Crippen LogP contribution is -2.36. The van der Waals surface area contributed by atoms with E-state index in [9.17, 15) is 10.2 Å². The zero-order valence-corrected chi connectivity index (χ0v) is 11.3. The predicted octanol–water partition coefficient (Wildman–Crippen LogP) is 0.611. The molecule has 5 nitrogen and oxygen atoms in total. The van der Waals surface area contributed by atoms with Crippen molar-refractivity contribution in [2.24, 2.45) is 0 Å². The summed E-state index contributed by atoms with van der Waals surface area (Å²) in [5.74, 6) is 0.474. The Labute approximate surface area is 113 Å². The zero-order valence-electron chi connectivity index (χ0n) is 11.3. The van der Waals surface area contributed by atoms with Crippen LogP contribution in [0.3, 0.4) is 0 Å². The minimum absolute atomic E-state index is 0.114. The molecule has 5 heteroatoms. The van der Waals surface area contributed by atoms with Crippen LogP contribution in [-0.4, -0.2) is 54.1 Å². The molecule has 0 aliphatic rings. The summed E-state index contributed by atoms with van der Waals surface area (Å²) in [5, 5.41) is 27.9. The minimum atomic E-state index is -0.671. The van der Waals surface area contributed by atoms with Crippen LogP contribution < -0.4 is 4.74 Å². The first-order valence-corrected chi connectivity index (χ1v) is 6.19. The molecule has 1 aromatic carbocycles. The van der Waals surface area contributed by atoms with Crippen LogP contribution in [-0.2, 0) is 0 Å². The number of aliphatic hydroxyl groups is 2. The fourth-order valence-electron chi connectivity index (χ4n) is 1.81. The van der Waals surface area contributed by atoms with Crippen molar-refractivity contribution in [3.63, 3.8) is 0 Å². The van der Waals surface area contributed by atoms with Gasteiger partial charge in [0.1, 0.15) is 24.5 Å². The van der Waals surface area contributed by atoms with E-state index in [4.69, 9.17) is 10.00 Å². The first-order chi connectivity index (χ1) is 9.02. The molecule has 1 aromatic rings. The largest absolute Gasteiger partial charge is 0.489 e. The van der Waals surface area contributed by atoms with Crippen molar-refractivity contribution in [3.8, 4) is 11.8 Å². The maximum Gasteiger partial charge on any atom is 0.137 e. The van der Waals surface area contributed by atoms with Crippen molar-refractivity contribution in [1.29, 1.82) is 5.26 Å². The summed E-state index contributed by atoms with van der Waals surface area (Å²) < 4.78 is 5.43. The number of aliphatic hydroxyl groups excluding tert-OH is 2. The normalized spacial score (nSPS) is 13.9. The molecule has 19 heavy (non-hydrogen) atoms. The van der Waals surface area contributed by atoms with Crippen LogP contribution in [0.1, 0.15) is 12.5 Å². The highest BCUT2D eigenvalue weighted by Crippen LogP contribution is 2.16. The second kappa shape index (κ2) is 7.74. The lowest BCUT2D eigenvalue weighted by Gasteiger charge is -2.22. The summed E-state index contributed by atoms with van der Waals surface area (Å²) in [6.07, 6.45) is -1.10. The summed E-state index contributed by atoms with van der Waals surface area (Å²) in [7, 11) is 1.82. The van der Waals surface area contributed by atoms with Crippen LogP contribution in [0.15, 0.2) is 24.3 Å². The van der Waals surface area contributed by atoms with Crippen LogP contribution in [0, 0.1) is 11.3 Å². The number of benzene rings is 1. The van der Waals surface area contributed by atoms with Crippen molar-refractivity contribution in [1.82, 2.24) is 4.90 Å². The van der Waals surface area contributed by atoms with Gasteiger partial charge in [0.15, 0.2) is 0 Å². The van der Waals surface area contributed by atoms with Gasteiger partial charge in [-0.25, -0.2) is 0 Å². The highest BCUT2D eigenvalue weighted by atomic mass is 16.5. The van der Waals surface area contributed by atoms with E-state index in [0.717, 1.165) is 0 Å². The lowest BCUT2D eigenvalue weighted by atomic mass is 10.2. The summed E-state index contributed by atoms with van der Waals surface area (Å²) in [6, 6.07) is 8.95. The van der Waals surface area contributed by atoms with E-state index in [-0.39, 0.29) is 6.61 Å². The van der Waals surface area contributed by atoms with Gasteiger partial charge in [-0.15, -0.1) is 0 Å². The van der Waals surface area contributed by atoms with E-state index in [1.54, 1.807) is 31.2 Å². The van der Waals surface area contributed by atoms with Crippen LogP contribution in [0.4, 0.5) is 0 Å². The molecule has 0 bridgehead atoms. The highest BCUT2D eigenvalue weighted by molar-refractivity contribution is 5.42. The third-order valence-electron chi connectivity index (χ3n) is 2.54. The van der Waals surface area contributed by atoms with Gasteiger partial charge in [-0.2, -0.15) is 5.26 Å². The third kappa shape index (κ3) is 5.71. The van der Waals surface area contributed by atoms with Gasteiger partial charge in [-0.05, 0) is 26.1 Å². The Morgan fingerprint density at radius 1 is 1.32 bits per heavy atom. The van der Waals surface area contributed by atoms with E-state index in [2.05, 4.69) is 0 Å². The van der Waals surface area contributed by atoms with Gasteiger partial charge in [0.2, 0.25) is 0 Å². The molecule has 0 radical (unpaired) electrons. The Kier molecular flexibility index (Phi) is 6.30. The van der Waals surface area contributed by atoms with E-state index in [1.807, 2.05) is 18.0 Å². The number of hydrogen-bond donors (Lipinski definition) is 2. The Hall–Kier alpha value is -1.61. The molecular weight excluding hydrogens is 244 g/mol. The molecule has 0 saturated heterocycles. The highest BCUT2D eigenvalue weighted by Gasteiger charge is 2.11. The summed E-state index contributed by atoms with van der Waals surface area (Å²) in [4.78, 5) is 1.83. The molecule has 104 valence electrons. The summed E-state index contributed by atoms with van der Waals surface area (Å²) in [6.45, 7) is 2.71. The Morgan fingerprint density at radius 2 is 2.00 bits per heavy atom. The van der Waals surface area contributed by atoms with Crippen LogP contribution in [0.5, 0.6) is 5.75 Å². The third-order valence-corrected chi connectivity index (χ3v) is 2.54. The summed E-state index contributed by atoms with van der Waals surface area (Å²) >= 11 is 0. The fraction of sp³-hybridized carbons (Fsp3) is 0.500. The van der Waals surface area contributed by atoms with Gasteiger partial charge >= 0.3 is 0 Å². The molecule has 1 rings (SSSR count). The van der Waals surface area contributed by atoms with Crippen LogP contribution in [0.25, 0.3) is 0 Å². The molecule has 0 spiro atoms. The Balaban J connectivity index is 2.42. The predicted molar refractivity (Wildman–Crippen MR) is 71.8 cm³/mol. The molecule has 0 aliphatic carbocycles. The average molecular weight is 264 g/mol. The van der Waals surface area contributed by atoms with E-state index in [1.165, 1.54) is 0 Å².